The molecule has 3 heterocycles. The average Bonchev–Trinajstić information content (AvgIpc) is 3.02. The molecular weight excluding hydrogens is 242 g/mol. The molecule has 1 atom stereocenters. The van der Waals surface area contributed by atoms with Gasteiger partial charge in [-0.15, -0.1) is 11.3 Å². The van der Waals surface area contributed by atoms with Crippen molar-refractivity contribution in [2.24, 2.45) is 0 Å². The number of aryl methyl sites for hydroxylation is 1. The molecule has 2 aromatic heterocycles. The van der Waals surface area contributed by atoms with Crippen LogP contribution < -0.4 is 5.32 Å². The molecule has 18 heavy (non-hydrogen) atoms. The number of nitrogens with zero attached hydrogens (tertiary/aromatic N) is 2. The smallest absolute Gasteiger partial charge is 0.0951 e. The van der Waals surface area contributed by atoms with E-state index in [9.17, 15) is 0 Å². The van der Waals surface area contributed by atoms with E-state index in [1.165, 1.54) is 21.9 Å². The SMILES string of the molecule is Cc1ccc(Cn2cncc2C2(C)CCNC2)s1. The fourth-order valence-electron chi connectivity index (χ4n) is 2.72. The summed E-state index contributed by atoms with van der Waals surface area (Å²) < 4.78 is 2.30. The number of nitrogens with one attached hydrogen (secondary N) is 1. The molecule has 1 fully saturated rings. The first kappa shape index (κ1) is 11.9. The van der Waals surface area contributed by atoms with Crippen LogP contribution in [0.25, 0.3) is 0 Å². The molecule has 0 radical (unpaired) electrons. The van der Waals surface area contributed by atoms with Gasteiger partial charge in [-0.25, -0.2) is 4.98 Å². The molecule has 1 N–H and O–H groups in total. The number of imidazole rings is 1. The standard InChI is InChI=1S/C14H19N3S/c1-11-3-4-12(18-11)8-17-10-16-7-13(17)14(2)5-6-15-9-14/h3-4,7,10,15H,5-6,8-9H2,1-2H3. The van der Waals surface area contributed by atoms with Crippen LogP contribution in [0.15, 0.2) is 24.7 Å². The van der Waals surface area contributed by atoms with E-state index in [4.69, 9.17) is 0 Å². The van der Waals surface area contributed by atoms with Crippen LogP contribution in [0, 0.1) is 6.92 Å². The molecule has 3 nitrogen and oxygen atoms in total. The van der Waals surface area contributed by atoms with Gasteiger partial charge >= 0.3 is 0 Å². The Morgan fingerprint density at radius 2 is 2.39 bits per heavy atom. The van der Waals surface area contributed by atoms with Crippen LogP contribution >= 0.6 is 11.3 Å². The zero-order valence-corrected chi connectivity index (χ0v) is 11.8. The molecule has 1 unspecified atom stereocenters. The second-order valence-corrected chi connectivity index (χ2v) is 6.78. The molecule has 1 aliphatic rings. The van der Waals surface area contributed by atoms with Crippen molar-refractivity contribution < 1.29 is 0 Å². The minimum atomic E-state index is 0.239. The van der Waals surface area contributed by atoms with Gasteiger partial charge in [-0.05, 0) is 32.0 Å². The van der Waals surface area contributed by atoms with E-state index in [1.54, 1.807) is 0 Å². The first-order valence-corrected chi connectivity index (χ1v) is 7.26. The molecule has 0 spiro atoms. The van der Waals surface area contributed by atoms with Gasteiger partial charge < -0.3 is 9.88 Å². The largest absolute Gasteiger partial charge is 0.329 e. The highest BCUT2D eigenvalue weighted by Gasteiger charge is 2.33. The summed E-state index contributed by atoms with van der Waals surface area (Å²) in [7, 11) is 0. The number of hydrogen-bond acceptors (Lipinski definition) is 3. The number of thiophene rings is 1. The first-order valence-electron chi connectivity index (χ1n) is 6.44. The normalized spacial score (nSPS) is 23.7. The summed E-state index contributed by atoms with van der Waals surface area (Å²) in [6, 6.07) is 4.41. The van der Waals surface area contributed by atoms with E-state index in [2.05, 4.69) is 40.8 Å². The van der Waals surface area contributed by atoms with Gasteiger partial charge in [0.15, 0.2) is 0 Å². The van der Waals surface area contributed by atoms with Crippen LogP contribution in [0.3, 0.4) is 0 Å². The highest BCUT2D eigenvalue weighted by Crippen LogP contribution is 2.30. The maximum atomic E-state index is 4.35. The van der Waals surface area contributed by atoms with Crippen LogP contribution in [0.1, 0.15) is 28.8 Å². The van der Waals surface area contributed by atoms with Gasteiger partial charge in [0.1, 0.15) is 0 Å². The molecule has 96 valence electrons. The molecule has 1 aliphatic heterocycles. The monoisotopic (exact) mass is 261 g/mol. The summed E-state index contributed by atoms with van der Waals surface area (Å²) in [4.78, 5) is 7.13. The van der Waals surface area contributed by atoms with E-state index in [1.807, 2.05) is 23.9 Å². The lowest BCUT2D eigenvalue weighted by Gasteiger charge is -2.24. The van der Waals surface area contributed by atoms with Crippen molar-refractivity contribution in [1.82, 2.24) is 14.9 Å². The van der Waals surface area contributed by atoms with Gasteiger partial charge in [-0.1, -0.05) is 6.92 Å². The van der Waals surface area contributed by atoms with Gasteiger partial charge in [-0.3, -0.25) is 0 Å². The first-order chi connectivity index (χ1) is 8.67. The summed E-state index contributed by atoms with van der Waals surface area (Å²) in [5.74, 6) is 0. The number of hydrogen-bond donors (Lipinski definition) is 1. The zero-order valence-electron chi connectivity index (χ0n) is 10.9. The minimum absolute atomic E-state index is 0.239. The van der Waals surface area contributed by atoms with Gasteiger partial charge in [0.2, 0.25) is 0 Å². The molecule has 0 aliphatic carbocycles. The third kappa shape index (κ3) is 2.10. The lowest BCUT2D eigenvalue weighted by molar-refractivity contribution is 0.482. The molecule has 0 amide bonds. The molecule has 3 rings (SSSR count). The van der Waals surface area contributed by atoms with Crippen LogP contribution in [-0.2, 0) is 12.0 Å². The van der Waals surface area contributed by atoms with Crippen LogP contribution in [-0.4, -0.2) is 22.6 Å². The Hall–Kier alpha value is -1.13. The van der Waals surface area contributed by atoms with Crippen molar-refractivity contribution in [1.29, 1.82) is 0 Å². The molecule has 0 bridgehead atoms. The van der Waals surface area contributed by atoms with Gasteiger partial charge in [0.25, 0.3) is 0 Å². The van der Waals surface area contributed by atoms with Crippen molar-refractivity contribution in [2.45, 2.75) is 32.2 Å². The minimum Gasteiger partial charge on any atom is -0.329 e. The molecule has 0 aromatic carbocycles. The predicted octanol–water partition coefficient (Wildman–Crippen LogP) is 2.55. The van der Waals surface area contributed by atoms with Crippen molar-refractivity contribution in [3.8, 4) is 0 Å². The highest BCUT2D eigenvalue weighted by atomic mass is 32.1. The third-order valence-corrected chi connectivity index (χ3v) is 4.81. The van der Waals surface area contributed by atoms with Crippen molar-refractivity contribution in [2.75, 3.05) is 13.1 Å². The molecular formula is C14H19N3S. The summed E-state index contributed by atoms with van der Waals surface area (Å²) in [5.41, 5.74) is 1.60. The van der Waals surface area contributed by atoms with Crippen LogP contribution in [0.5, 0.6) is 0 Å². The lowest BCUT2D eigenvalue weighted by Crippen LogP contribution is -2.28. The van der Waals surface area contributed by atoms with E-state index in [0.717, 1.165) is 19.6 Å². The Morgan fingerprint density at radius 1 is 1.50 bits per heavy atom. The summed E-state index contributed by atoms with van der Waals surface area (Å²) >= 11 is 1.87. The Bertz CT molecular complexity index is 535. The predicted molar refractivity (Wildman–Crippen MR) is 75.2 cm³/mol. The van der Waals surface area contributed by atoms with Crippen LogP contribution in [0.2, 0.25) is 0 Å². The Labute approximate surface area is 112 Å². The van der Waals surface area contributed by atoms with Crippen molar-refractivity contribution in [3.05, 3.63) is 40.1 Å². The Morgan fingerprint density at radius 3 is 3.06 bits per heavy atom. The maximum Gasteiger partial charge on any atom is 0.0951 e. The zero-order chi connectivity index (χ0) is 12.6. The fourth-order valence-corrected chi connectivity index (χ4v) is 3.61. The van der Waals surface area contributed by atoms with Gasteiger partial charge in [0.05, 0.1) is 12.9 Å². The van der Waals surface area contributed by atoms with Gasteiger partial charge in [0, 0.05) is 33.6 Å². The third-order valence-electron chi connectivity index (χ3n) is 3.82. The lowest BCUT2D eigenvalue weighted by atomic mass is 9.86. The van der Waals surface area contributed by atoms with Gasteiger partial charge in [-0.2, -0.15) is 0 Å². The second-order valence-electron chi connectivity index (χ2n) is 5.41. The van der Waals surface area contributed by atoms with Crippen LogP contribution in [0.4, 0.5) is 0 Å². The Kier molecular flexibility index (Phi) is 2.99. The van der Waals surface area contributed by atoms with Crippen molar-refractivity contribution >= 4 is 11.3 Å². The molecule has 0 saturated carbocycles. The number of aromatic nitrogens is 2. The summed E-state index contributed by atoms with van der Waals surface area (Å²) in [6.45, 7) is 7.61. The highest BCUT2D eigenvalue weighted by molar-refractivity contribution is 7.11. The average molecular weight is 261 g/mol. The summed E-state index contributed by atoms with van der Waals surface area (Å²) in [5, 5.41) is 3.46. The Balaban J connectivity index is 1.87. The topological polar surface area (TPSA) is 29.9 Å². The quantitative estimate of drug-likeness (QED) is 0.920. The van der Waals surface area contributed by atoms with E-state index < -0.39 is 0 Å². The molecule has 1 saturated heterocycles. The fraction of sp³-hybridized carbons (Fsp3) is 0.500. The second kappa shape index (κ2) is 4.52. The summed E-state index contributed by atoms with van der Waals surface area (Å²) in [6.07, 6.45) is 5.20. The maximum absolute atomic E-state index is 4.35. The van der Waals surface area contributed by atoms with E-state index in [-0.39, 0.29) is 5.41 Å². The van der Waals surface area contributed by atoms with Crippen molar-refractivity contribution in [3.63, 3.8) is 0 Å². The molecule has 2 aromatic rings. The van der Waals surface area contributed by atoms with E-state index in [0.29, 0.717) is 0 Å². The van der Waals surface area contributed by atoms with E-state index >= 15 is 0 Å². The number of rotatable bonds is 3. The molecule has 4 heteroatoms.